The first-order chi connectivity index (χ1) is 11.1. The van der Waals surface area contributed by atoms with Crippen LogP contribution in [0.3, 0.4) is 0 Å². The number of para-hydroxylation sites is 1. The Morgan fingerprint density at radius 3 is 2.48 bits per heavy atom. The Kier molecular flexibility index (Phi) is 4.74. The Labute approximate surface area is 142 Å². The van der Waals surface area contributed by atoms with Gasteiger partial charge in [0.05, 0.1) is 16.4 Å². The smallest absolute Gasteiger partial charge is 0.166 e. The summed E-state index contributed by atoms with van der Waals surface area (Å²) < 4.78 is 1.96. The van der Waals surface area contributed by atoms with Crippen LogP contribution in [0, 0.1) is 6.92 Å². The number of nitrogens with zero attached hydrogens (tertiary/aromatic N) is 3. The maximum Gasteiger partial charge on any atom is 0.166 e. The average molecular weight is 332 g/mol. The van der Waals surface area contributed by atoms with Gasteiger partial charge in [0.15, 0.2) is 6.29 Å². The molecular weight excluding hydrogens is 310 g/mol. The second-order valence-electron chi connectivity index (χ2n) is 6.07. The van der Waals surface area contributed by atoms with E-state index in [2.05, 4.69) is 22.8 Å². The molecule has 1 aromatic carbocycles. The first kappa shape index (κ1) is 16.1. The molecule has 0 aliphatic carbocycles. The third-order valence-corrected chi connectivity index (χ3v) is 5.08. The van der Waals surface area contributed by atoms with Gasteiger partial charge in [-0.3, -0.25) is 9.69 Å². The van der Waals surface area contributed by atoms with E-state index >= 15 is 0 Å². The molecule has 3 rings (SSSR count). The Morgan fingerprint density at radius 2 is 1.87 bits per heavy atom. The topological polar surface area (TPSA) is 28.5 Å². The van der Waals surface area contributed by atoms with Gasteiger partial charge >= 0.3 is 0 Å². The van der Waals surface area contributed by atoms with Crippen molar-refractivity contribution in [1.82, 2.24) is 9.47 Å². The predicted octanol–water partition coefficient (Wildman–Crippen LogP) is 3.12. The van der Waals surface area contributed by atoms with Crippen molar-refractivity contribution in [3.05, 3.63) is 52.3 Å². The van der Waals surface area contributed by atoms with E-state index in [1.54, 1.807) is 0 Å². The zero-order valence-electron chi connectivity index (χ0n) is 13.6. The summed E-state index contributed by atoms with van der Waals surface area (Å²) in [5.41, 5.74) is 4.27. The van der Waals surface area contributed by atoms with E-state index in [1.165, 1.54) is 11.3 Å². The Hall–Kier alpha value is -1.78. The van der Waals surface area contributed by atoms with Crippen molar-refractivity contribution in [1.29, 1.82) is 0 Å². The molecular formula is C18H22ClN3O. The predicted molar refractivity (Wildman–Crippen MR) is 94.5 cm³/mol. The van der Waals surface area contributed by atoms with Crippen LogP contribution in [0.2, 0.25) is 5.02 Å². The van der Waals surface area contributed by atoms with Gasteiger partial charge < -0.3 is 9.47 Å². The van der Waals surface area contributed by atoms with Crippen LogP contribution in [0.25, 0.3) is 0 Å². The van der Waals surface area contributed by atoms with Gasteiger partial charge in [0.2, 0.25) is 0 Å². The normalized spacial score (nSPS) is 15.9. The molecule has 0 N–H and O–H groups in total. The Balaban J connectivity index is 1.64. The second-order valence-corrected chi connectivity index (χ2v) is 6.48. The summed E-state index contributed by atoms with van der Waals surface area (Å²) in [6.07, 6.45) is 0.922. The number of benzene rings is 1. The molecule has 0 bridgehead atoms. The molecule has 1 aliphatic rings. The van der Waals surface area contributed by atoms with Gasteiger partial charge in [-0.2, -0.15) is 0 Å². The van der Waals surface area contributed by atoms with Crippen molar-refractivity contribution in [2.24, 2.45) is 7.05 Å². The van der Waals surface area contributed by atoms with Crippen LogP contribution in [-0.2, 0) is 13.6 Å². The van der Waals surface area contributed by atoms with E-state index in [0.717, 1.165) is 55.4 Å². The number of anilines is 1. The highest BCUT2D eigenvalue weighted by Crippen LogP contribution is 2.26. The first-order valence-corrected chi connectivity index (χ1v) is 8.30. The lowest BCUT2D eigenvalue weighted by molar-refractivity contribution is 0.111. The molecule has 0 radical (unpaired) electrons. The highest BCUT2D eigenvalue weighted by Gasteiger charge is 2.20. The van der Waals surface area contributed by atoms with Gasteiger partial charge in [0.1, 0.15) is 0 Å². The fraction of sp³-hybridized carbons (Fsp3) is 0.389. The van der Waals surface area contributed by atoms with Crippen molar-refractivity contribution in [3.63, 3.8) is 0 Å². The lowest BCUT2D eigenvalue weighted by atomic mass is 10.2. The van der Waals surface area contributed by atoms with Crippen LogP contribution >= 0.6 is 11.6 Å². The van der Waals surface area contributed by atoms with E-state index < -0.39 is 0 Å². The fourth-order valence-corrected chi connectivity index (χ4v) is 3.41. The highest BCUT2D eigenvalue weighted by molar-refractivity contribution is 6.33. The van der Waals surface area contributed by atoms with Gasteiger partial charge in [-0.15, -0.1) is 0 Å². The number of aromatic nitrogens is 1. The number of hydrogen-bond donors (Lipinski definition) is 0. The van der Waals surface area contributed by atoms with E-state index in [1.807, 2.05) is 35.9 Å². The summed E-state index contributed by atoms with van der Waals surface area (Å²) in [6.45, 7) is 6.89. The van der Waals surface area contributed by atoms with Crippen LogP contribution in [0.4, 0.5) is 5.69 Å². The van der Waals surface area contributed by atoms with Crippen LogP contribution in [-0.4, -0.2) is 41.9 Å². The standard InChI is InChI=1S/C18H22ClN3O/c1-14-15(11-16(13-23)20(14)2)12-21-7-9-22(10-8-21)18-6-4-3-5-17(18)19/h3-6,11,13H,7-10,12H2,1-2H3. The largest absolute Gasteiger partial charge is 0.368 e. The van der Waals surface area contributed by atoms with Crippen LogP contribution in [0.1, 0.15) is 21.7 Å². The number of halogens is 1. The summed E-state index contributed by atoms with van der Waals surface area (Å²) in [5, 5.41) is 0.815. The molecule has 23 heavy (non-hydrogen) atoms. The molecule has 5 heteroatoms. The number of piperazine rings is 1. The minimum Gasteiger partial charge on any atom is -0.368 e. The maximum atomic E-state index is 11.1. The van der Waals surface area contributed by atoms with Gasteiger partial charge in [0, 0.05) is 45.5 Å². The Bertz CT molecular complexity index is 702. The summed E-state index contributed by atoms with van der Waals surface area (Å²) in [7, 11) is 1.94. The van der Waals surface area contributed by atoms with E-state index in [-0.39, 0.29) is 0 Å². The average Bonchev–Trinajstić information content (AvgIpc) is 2.84. The first-order valence-electron chi connectivity index (χ1n) is 7.92. The third kappa shape index (κ3) is 3.28. The molecule has 4 nitrogen and oxygen atoms in total. The summed E-state index contributed by atoms with van der Waals surface area (Å²) in [4.78, 5) is 15.8. The minimum atomic E-state index is 0.743. The van der Waals surface area contributed by atoms with Gasteiger partial charge in [-0.25, -0.2) is 0 Å². The lowest BCUT2D eigenvalue weighted by Gasteiger charge is -2.36. The second kappa shape index (κ2) is 6.77. The summed E-state index contributed by atoms with van der Waals surface area (Å²) in [6, 6.07) is 10.0. The monoisotopic (exact) mass is 331 g/mol. The minimum absolute atomic E-state index is 0.743. The van der Waals surface area contributed by atoms with Crippen LogP contribution < -0.4 is 4.90 Å². The fourth-order valence-electron chi connectivity index (χ4n) is 3.16. The van der Waals surface area contributed by atoms with Gasteiger partial charge in [0.25, 0.3) is 0 Å². The van der Waals surface area contributed by atoms with Crippen molar-refractivity contribution in [3.8, 4) is 0 Å². The van der Waals surface area contributed by atoms with Crippen LogP contribution in [0.15, 0.2) is 30.3 Å². The molecule has 0 atom stereocenters. The van der Waals surface area contributed by atoms with E-state index in [4.69, 9.17) is 11.6 Å². The maximum absolute atomic E-state index is 11.1. The molecule has 1 aliphatic heterocycles. The van der Waals surface area contributed by atoms with Gasteiger partial charge in [-0.05, 0) is 30.7 Å². The number of aldehydes is 1. The van der Waals surface area contributed by atoms with Crippen LogP contribution in [0.5, 0.6) is 0 Å². The molecule has 1 aromatic heterocycles. The number of carbonyl (C=O) groups is 1. The third-order valence-electron chi connectivity index (χ3n) is 4.76. The van der Waals surface area contributed by atoms with Crippen molar-refractivity contribution in [2.75, 3.05) is 31.1 Å². The number of carbonyl (C=O) groups excluding carboxylic acids is 1. The molecule has 0 amide bonds. The molecule has 1 saturated heterocycles. The van der Waals surface area contributed by atoms with Gasteiger partial charge in [-0.1, -0.05) is 23.7 Å². The molecule has 122 valence electrons. The summed E-state index contributed by atoms with van der Waals surface area (Å²) >= 11 is 6.29. The molecule has 0 saturated carbocycles. The quantitative estimate of drug-likeness (QED) is 0.806. The van der Waals surface area contributed by atoms with Crippen molar-refractivity contribution in [2.45, 2.75) is 13.5 Å². The highest BCUT2D eigenvalue weighted by atomic mass is 35.5. The lowest BCUT2D eigenvalue weighted by Crippen LogP contribution is -2.46. The van der Waals surface area contributed by atoms with E-state index in [9.17, 15) is 4.79 Å². The number of rotatable bonds is 4. The Morgan fingerprint density at radius 1 is 1.17 bits per heavy atom. The van der Waals surface area contributed by atoms with E-state index in [0.29, 0.717) is 0 Å². The van der Waals surface area contributed by atoms with Crippen molar-refractivity contribution >= 4 is 23.6 Å². The molecule has 0 unspecified atom stereocenters. The zero-order valence-corrected chi connectivity index (χ0v) is 14.4. The molecule has 2 heterocycles. The molecule has 1 fully saturated rings. The molecule has 2 aromatic rings. The molecule has 0 spiro atoms. The zero-order chi connectivity index (χ0) is 16.4. The summed E-state index contributed by atoms with van der Waals surface area (Å²) in [5.74, 6) is 0. The number of hydrogen-bond acceptors (Lipinski definition) is 3. The van der Waals surface area contributed by atoms with Crippen molar-refractivity contribution < 1.29 is 4.79 Å². The SMILES string of the molecule is Cc1c(CN2CCN(c3ccccc3Cl)CC2)cc(C=O)n1C.